The third-order valence-electron chi connectivity index (χ3n) is 3.07. The molecular formula is C15H17FN2O2. The van der Waals surface area contributed by atoms with Crippen molar-refractivity contribution in [2.45, 2.75) is 33.6 Å². The lowest BCUT2D eigenvalue weighted by Gasteiger charge is -2.08. The van der Waals surface area contributed by atoms with Gasteiger partial charge in [0.25, 0.3) is 5.91 Å². The Balaban J connectivity index is 2.28. The monoisotopic (exact) mass is 276 g/mol. The second-order valence-electron chi connectivity index (χ2n) is 5.08. The van der Waals surface area contributed by atoms with Crippen molar-refractivity contribution < 1.29 is 13.7 Å². The van der Waals surface area contributed by atoms with Gasteiger partial charge in [-0.2, -0.15) is 0 Å². The number of nitrogens with one attached hydrogen (secondary N) is 1. The van der Waals surface area contributed by atoms with E-state index in [0.717, 1.165) is 0 Å². The van der Waals surface area contributed by atoms with Crippen LogP contribution in [0.2, 0.25) is 0 Å². The highest BCUT2D eigenvalue weighted by atomic mass is 19.1. The third kappa shape index (κ3) is 2.71. The van der Waals surface area contributed by atoms with Crippen LogP contribution in [-0.4, -0.2) is 11.1 Å². The van der Waals surface area contributed by atoms with Crippen LogP contribution in [0.3, 0.4) is 0 Å². The topological polar surface area (TPSA) is 55.1 Å². The Morgan fingerprint density at radius 1 is 1.35 bits per heavy atom. The van der Waals surface area contributed by atoms with Gasteiger partial charge in [0.05, 0.1) is 5.69 Å². The van der Waals surface area contributed by atoms with Crippen molar-refractivity contribution in [1.29, 1.82) is 0 Å². The fourth-order valence-corrected chi connectivity index (χ4v) is 1.92. The molecule has 2 rings (SSSR count). The van der Waals surface area contributed by atoms with Gasteiger partial charge in [-0.3, -0.25) is 4.79 Å². The Kier molecular flexibility index (Phi) is 3.88. The van der Waals surface area contributed by atoms with E-state index in [-0.39, 0.29) is 17.6 Å². The summed E-state index contributed by atoms with van der Waals surface area (Å²) in [4.78, 5) is 12.3. The Morgan fingerprint density at radius 2 is 2.05 bits per heavy atom. The van der Waals surface area contributed by atoms with Gasteiger partial charge >= 0.3 is 0 Å². The number of hydrogen-bond donors (Lipinski definition) is 1. The molecule has 4 nitrogen and oxygen atoms in total. The number of carbonyl (C=O) groups excluding carboxylic acids is 1. The molecule has 106 valence electrons. The smallest absolute Gasteiger partial charge is 0.261 e. The Hall–Kier alpha value is -2.17. The number of benzene rings is 1. The first kappa shape index (κ1) is 14.2. The SMILES string of the molecule is Cc1ccc(NC(=O)c2c(C)noc2C(C)C)cc1F. The predicted molar refractivity (Wildman–Crippen MR) is 74.4 cm³/mol. The molecule has 0 atom stereocenters. The molecule has 0 saturated carbocycles. The summed E-state index contributed by atoms with van der Waals surface area (Å²) in [5.74, 6) is -0.107. The van der Waals surface area contributed by atoms with Gasteiger partial charge < -0.3 is 9.84 Å². The molecule has 1 aromatic carbocycles. The molecule has 5 heteroatoms. The third-order valence-corrected chi connectivity index (χ3v) is 3.07. The Labute approximate surface area is 117 Å². The molecule has 2 aromatic rings. The summed E-state index contributed by atoms with van der Waals surface area (Å²) in [7, 11) is 0. The molecule has 0 saturated heterocycles. The molecule has 0 aliphatic heterocycles. The number of aryl methyl sites for hydroxylation is 2. The molecule has 0 unspecified atom stereocenters. The number of nitrogens with zero attached hydrogens (tertiary/aromatic N) is 1. The van der Waals surface area contributed by atoms with Gasteiger partial charge in [0, 0.05) is 11.6 Å². The maximum absolute atomic E-state index is 13.5. The van der Waals surface area contributed by atoms with Crippen LogP contribution in [0.5, 0.6) is 0 Å². The number of halogens is 1. The zero-order valence-electron chi connectivity index (χ0n) is 12.0. The minimum absolute atomic E-state index is 0.0479. The van der Waals surface area contributed by atoms with Crippen LogP contribution < -0.4 is 5.32 Å². The first-order chi connectivity index (χ1) is 9.40. The molecule has 0 fully saturated rings. The maximum atomic E-state index is 13.5. The van der Waals surface area contributed by atoms with Crippen molar-refractivity contribution >= 4 is 11.6 Å². The minimum atomic E-state index is -0.353. The molecule has 20 heavy (non-hydrogen) atoms. The van der Waals surface area contributed by atoms with Gasteiger partial charge in [0.1, 0.15) is 11.4 Å². The fraction of sp³-hybridized carbons (Fsp3) is 0.333. The highest BCUT2D eigenvalue weighted by Gasteiger charge is 2.22. The zero-order valence-corrected chi connectivity index (χ0v) is 12.0. The standard InChI is InChI=1S/C15H17FN2O2/c1-8(2)14-13(10(4)18-20-14)15(19)17-11-6-5-9(3)12(16)7-11/h5-8H,1-4H3,(H,17,19). The normalized spacial score (nSPS) is 10.9. The summed E-state index contributed by atoms with van der Waals surface area (Å²) >= 11 is 0. The Morgan fingerprint density at radius 3 is 2.65 bits per heavy atom. The fourth-order valence-electron chi connectivity index (χ4n) is 1.92. The highest BCUT2D eigenvalue weighted by molar-refractivity contribution is 6.05. The molecule has 0 radical (unpaired) electrons. The van der Waals surface area contributed by atoms with Crippen LogP contribution in [0.25, 0.3) is 0 Å². The first-order valence-corrected chi connectivity index (χ1v) is 6.43. The minimum Gasteiger partial charge on any atom is -0.360 e. The quantitative estimate of drug-likeness (QED) is 0.927. The summed E-state index contributed by atoms with van der Waals surface area (Å²) in [5, 5.41) is 6.49. The van der Waals surface area contributed by atoms with E-state index < -0.39 is 0 Å². The van der Waals surface area contributed by atoms with Crippen LogP contribution in [-0.2, 0) is 0 Å². The van der Waals surface area contributed by atoms with Crippen molar-refractivity contribution in [3.63, 3.8) is 0 Å². The summed E-state index contributed by atoms with van der Waals surface area (Å²) in [6.07, 6.45) is 0. The maximum Gasteiger partial charge on any atom is 0.261 e. The van der Waals surface area contributed by atoms with Crippen molar-refractivity contribution in [3.8, 4) is 0 Å². The lowest BCUT2D eigenvalue weighted by Crippen LogP contribution is -2.15. The second kappa shape index (κ2) is 5.45. The van der Waals surface area contributed by atoms with Crippen LogP contribution in [0, 0.1) is 19.7 Å². The lowest BCUT2D eigenvalue weighted by molar-refractivity contribution is 0.102. The van der Waals surface area contributed by atoms with E-state index in [1.54, 1.807) is 26.0 Å². The van der Waals surface area contributed by atoms with Gasteiger partial charge in [-0.05, 0) is 31.5 Å². The van der Waals surface area contributed by atoms with Gasteiger partial charge in [-0.25, -0.2) is 4.39 Å². The van der Waals surface area contributed by atoms with E-state index in [2.05, 4.69) is 10.5 Å². The number of hydrogen-bond acceptors (Lipinski definition) is 3. The van der Waals surface area contributed by atoms with E-state index in [0.29, 0.717) is 28.3 Å². The predicted octanol–water partition coefficient (Wildman–Crippen LogP) is 3.81. The summed E-state index contributed by atoms with van der Waals surface area (Å²) < 4.78 is 18.7. The number of amides is 1. The molecule has 1 heterocycles. The van der Waals surface area contributed by atoms with E-state index >= 15 is 0 Å². The van der Waals surface area contributed by atoms with Crippen LogP contribution in [0.1, 0.15) is 47.1 Å². The number of rotatable bonds is 3. The van der Waals surface area contributed by atoms with Crippen molar-refractivity contribution in [1.82, 2.24) is 5.16 Å². The van der Waals surface area contributed by atoms with E-state index in [1.165, 1.54) is 6.07 Å². The van der Waals surface area contributed by atoms with Crippen molar-refractivity contribution in [2.24, 2.45) is 0 Å². The van der Waals surface area contributed by atoms with Gasteiger partial charge in [0.2, 0.25) is 0 Å². The average molecular weight is 276 g/mol. The molecule has 1 N–H and O–H groups in total. The number of aromatic nitrogens is 1. The average Bonchev–Trinajstić information content (AvgIpc) is 2.76. The Bertz CT molecular complexity index is 647. The van der Waals surface area contributed by atoms with Gasteiger partial charge in [0.15, 0.2) is 5.76 Å². The van der Waals surface area contributed by atoms with Crippen LogP contribution in [0.4, 0.5) is 10.1 Å². The highest BCUT2D eigenvalue weighted by Crippen LogP contribution is 2.23. The first-order valence-electron chi connectivity index (χ1n) is 6.43. The van der Waals surface area contributed by atoms with Gasteiger partial charge in [-0.1, -0.05) is 25.1 Å². The molecule has 1 aromatic heterocycles. The summed E-state index contributed by atoms with van der Waals surface area (Å²) in [6.45, 7) is 7.21. The van der Waals surface area contributed by atoms with Crippen LogP contribution in [0.15, 0.2) is 22.7 Å². The van der Waals surface area contributed by atoms with E-state index in [9.17, 15) is 9.18 Å². The van der Waals surface area contributed by atoms with Gasteiger partial charge in [-0.15, -0.1) is 0 Å². The summed E-state index contributed by atoms with van der Waals surface area (Å²) in [5.41, 5.74) is 1.89. The van der Waals surface area contributed by atoms with E-state index in [4.69, 9.17) is 4.52 Å². The van der Waals surface area contributed by atoms with E-state index in [1.807, 2.05) is 13.8 Å². The van der Waals surface area contributed by atoms with Crippen LogP contribution >= 0.6 is 0 Å². The molecule has 0 spiro atoms. The molecule has 0 aliphatic rings. The molecular weight excluding hydrogens is 259 g/mol. The second-order valence-corrected chi connectivity index (χ2v) is 5.08. The van der Waals surface area contributed by atoms with Crippen molar-refractivity contribution in [2.75, 3.05) is 5.32 Å². The lowest BCUT2D eigenvalue weighted by atomic mass is 10.0. The van der Waals surface area contributed by atoms with Crippen molar-refractivity contribution in [3.05, 3.63) is 46.6 Å². The zero-order chi connectivity index (χ0) is 14.9. The number of anilines is 1. The largest absolute Gasteiger partial charge is 0.360 e. The molecule has 0 aliphatic carbocycles. The molecule has 1 amide bonds. The number of carbonyl (C=O) groups is 1. The molecule has 0 bridgehead atoms. The summed E-state index contributed by atoms with van der Waals surface area (Å²) in [6, 6.07) is 4.58.